The number of likely N-dealkylation sites (N-methyl/N-ethyl adjacent to an activating group) is 1. The summed E-state index contributed by atoms with van der Waals surface area (Å²) in [5.74, 6) is 1.71. The van der Waals surface area contributed by atoms with E-state index in [0.29, 0.717) is 18.2 Å². The standard InChI is InChI=1S/C27H41N5OS/c1-27(2,3)23-18-24(32(6)22-13-8-7-9-14-22)30-26(29-23)34-19-20-11-10-12-21(17-20)25(33)28-15-16-31(4)5/h10-12,17-18,22H,7-9,13-16,19H2,1-6H3,(H,28,33). The average Bonchev–Trinajstić information content (AvgIpc) is 2.82. The van der Waals surface area contributed by atoms with Gasteiger partial charge in [-0.2, -0.15) is 0 Å². The molecule has 3 rings (SSSR count). The van der Waals surface area contributed by atoms with Crippen LogP contribution in [-0.4, -0.2) is 61.0 Å². The number of benzene rings is 1. The largest absolute Gasteiger partial charge is 0.357 e. The third kappa shape index (κ3) is 7.70. The molecule has 1 amide bonds. The van der Waals surface area contributed by atoms with Gasteiger partial charge in [0.15, 0.2) is 5.16 Å². The number of nitrogens with zero attached hydrogens (tertiary/aromatic N) is 4. The third-order valence-corrected chi connectivity index (χ3v) is 7.26. The molecule has 0 bridgehead atoms. The zero-order chi connectivity index (χ0) is 24.7. The minimum atomic E-state index is -0.0506. The second-order valence-electron chi connectivity index (χ2n) is 10.6. The Labute approximate surface area is 209 Å². The van der Waals surface area contributed by atoms with Crippen molar-refractivity contribution in [2.45, 2.75) is 75.2 Å². The fourth-order valence-electron chi connectivity index (χ4n) is 4.14. The van der Waals surface area contributed by atoms with Crippen LogP contribution >= 0.6 is 11.8 Å². The molecule has 186 valence electrons. The first-order valence-corrected chi connectivity index (χ1v) is 13.4. The molecule has 34 heavy (non-hydrogen) atoms. The molecular formula is C27H41N5OS. The highest BCUT2D eigenvalue weighted by Crippen LogP contribution is 2.31. The molecule has 0 atom stereocenters. The predicted molar refractivity (Wildman–Crippen MR) is 143 cm³/mol. The summed E-state index contributed by atoms with van der Waals surface area (Å²) in [6.07, 6.45) is 6.41. The molecular weight excluding hydrogens is 442 g/mol. The molecule has 1 aromatic carbocycles. The Hall–Kier alpha value is -2.12. The zero-order valence-electron chi connectivity index (χ0n) is 21.7. The zero-order valence-corrected chi connectivity index (χ0v) is 22.5. The van der Waals surface area contributed by atoms with Gasteiger partial charge < -0.3 is 15.1 Å². The van der Waals surface area contributed by atoms with Crippen molar-refractivity contribution in [2.75, 3.05) is 39.1 Å². The van der Waals surface area contributed by atoms with Crippen LogP contribution in [0.4, 0.5) is 5.82 Å². The topological polar surface area (TPSA) is 61.4 Å². The van der Waals surface area contributed by atoms with E-state index in [-0.39, 0.29) is 11.3 Å². The van der Waals surface area contributed by atoms with Gasteiger partial charge in [0.1, 0.15) is 5.82 Å². The van der Waals surface area contributed by atoms with E-state index in [4.69, 9.17) is 9.97 Å². The van der Waals surface area contributed by atoms with E-state index in [1.54, 1.807) is 11.8 Å². The second kappa shape index (κ2) is 12.0. The Morgan fingerprint density at radius 1 is 1.09 bits per heavy atom. The minimum absolute atomic E-state index is 0.0314. The molecule has 0 saturated heterocycles. The first-order chi connectivity index (χ1) is 16.1. The number of hydrogen-bond acceptors (Lipinski definition) is 6. The molecule has 1 saturated carbocycles. The maximum atomic E-state index is 12.5. The molecule has 1 N–H and O–H groups in total. The van der Waals surface area contributed by atoms with Crippen molar-refractivity contribution >= 4 is 23.5 Å². The lowest BCUT2D eigenvalue weighted by Gasteiger charge is -2.33. The number of nitrogens with one attached hydrogen (secondary N) is 1. The van der Waals surface area contributed by atoms with Crippen molar-refractivity contribution in [1.82, 2.24) is 20.2 Å². The van der Waals surface area contributed by atoms with Crippen LogP contribution in [0, 0.1) is 0 Å². The average molecular weight is 484 g/mol. The van der Waals surface area contributed by atoms with Gasteiger partial charge in [0.25, 0.3) is 5.91 Å². The highest BCUT2D eigenvalue weighted by Gasteiger charge is 2.23. The summed E-state index contributed by atoms with van der Waals surface area (Å²) >= 11 is 1.64. The van der Waals surface area contributed by atoms with E-state index in [1.165, 1.54) is 32.1 Å². The fraction of sp³-hybridized carbons (Fsp3) is 0.593. The fourth-order valence-corrected chi connectivity index (χ4v) is 4.94. The van der Waals surface area contributed by atoms with Crippen LogP contribution in [0.5, 0.6) is 0 Å². The molecule has 2 aromatic rings. The second-order valence-corrected chi connectivity index (χ2v) is 11.5. The van der Waals surface area contributed by atoms with E-state index in [0.717, 1.165) is 34.5 Å². The summed E-state index contributed by atoms with van der Waals surface area (Å²) in [6.45, 7) is 8.06. The summed E-state index contributed by atoms with van der Waals surface area (Å²) in [4.78, 5) is 26.8. The summed E-state index contributed by atoms with van der Waals surface area (Å²) in [6, 6.07) is 10.6. The van der Waals surface area contributed by atoms with Gasteiger partial charge in [-0.15, -0.1) is 0 Å². The normalized spacial score (nSPS) is 14.9. The summed E-state index contributed by atoms with van der Waals surface area (Å²) < 4.78 is 0. The Balaban J connectivity index is 1.73. The van der Waals surface area contributed by atoms with Gasteiger partial charge in [0, 0.05) is 49.0 Å². The van der Waals surface area contributed by atoms with E-state index in [1.807, 2.05) is 32.3 Å². The molecule has 0 unspecified atom stereocenters. The summed E-state index contributed by atoms with van der Waals surface area (Å²) in [7, 11) is 6.18. The molecule has 1 heterocycles. The Morgan fingerprint density at radius 2 is 1.82 bits per heavy atom. The SMILES string of the molecule is CN(C)CCNC(=O)c1cccc(CSc2nc(N(C)C3CCCCC3)cc(C(C)(C)C)n2)c1. The molecule has 1 aliphatic rings. The van der Waals surface area contributed by atoms with Gasteiger partial charge in [0.2, 0.25) is 0 Å². The lowest BCUT2D eigenvalue weighted by Crippen LogP contribution is -2.34. The lowest BCUT2D eigenvalue weighted by molar-refractivity contribution is 0.0951. The van der Waals surface area contributed by atoms with E-state index >= 15 is 0 Å². The highest BCUT2D eigenvalue weighted by molar-refractivity contribution is 7.98. The number of carbonyl (C=O) groups is 1. The van der Waals surface area contributed by atoms with E-state index < -0.39 is 0 Å². The molecule has 0 aliphatic heterocycles. The number of carbonyl (C=O) groups excluding carboxylic acids is 1. The van der Waals surface area contributed by atoms with Crippen LogP contribution in [0.15, 0.2) is 35.5 Å². The number of hydrogen-bond donors (Lipinski definition) is 1. The maximum absolute atomic E-state index is 12.5. The van der Waals surface area contributed by atoms with Crippen molar-refractivity contribution in [1.29, 1.82) is 0 Å². The number of rotatable bonds is 9. The van der Waals surface area contributed by atoms with Gasteiger partial charge in [-0.25, -0.2) is 9.97 Å². The molecule has 1 aromatic heterocycles. The summed E-state index contributed by atoms with van der Waals surface area (Å²) in [5.41, 5.74) is 2.80. The Morgan fingerprint density at radius 3 is 2.50 bits per heavy atom. The van der Waals surface area contributed by atoms with Crippen LogP contribution in [0.2, 0.25) is 0 Å². The van der Waals surface area contributed by atoms with Crippen molar-refractivity contribution < 1.29 is 4.79 Å². The molecule has 0 spiro atoms. The van der Waals surface area contributed by atoms with Gasteiger partial charge in [-0.05, 0) is 44.6 Å². The van der Waals surface area contributed by atoms with Crippen molar-refractivity contribution in [3.63, 3.8) is 0 Å². The highest BCUT2D eigenvalue weighted by atomic mass is 32.2. The molecule has 6 nitrogen and oxygen atoms in total. The van der Waals surface area contributed by atoms with Gasteiger partial charge in [0.05, 0.1) is 5.69 Å². The number of amides is 1. The number of thioether (sulfide) groups is 1. The predicted octanol–water partition coefficient (Wildman–Crippen LogP) is 5.13. The monoisotopic (exact) mass is 483 g/mol. The number of aromatic nitrogens is 2. The molecule has 1 aliphatic carbocycles. The van der Waals surface area contributed by atoms with Crippen molar-refractivity contribution in [2.24, 2.45) is 0 Å². The lowest BCUT2D eigenvalue weighted by atomic mass is 9.91. The molecule has 1 fully saturated rings. The van der Waals surface area contributed by atoms with Gasteiger partial charge >= 0.3 is 0 Å². The first-order valence-electron chi connectivity index (χ1n) is 12.4. The maximum Gasteiger partial charge on any atom is 0.251 e. The Bertz CT molecular complexity index is 950. The quantitative estimate of drug-likeness (QED) is 0.394. The van der Waals surface area contributed by atoms with Crippen LogP contribution in [0.1, 0.15) is 74.5 Å². The van der Waals surface area contributed by atoms with Gasteiger partial charge in [-0.3, -0.25) is 4.79 Å². The third-order valence-electron chi connectivity index (χ3n) is 6.35. The van der Waals surface area contributed by atoms with Crippen molar-refractivity contribution in [3.8, 4) is 0 Å². The van der Waals surface area contributed by atoms with Crippen molar-refractivity contribution in [3.05, 3.63) is 47.2 Å². The van der Waals surface area contributed by atoms with Crippen LogP contribution in [-0.2, 0) is 11.2 Å². The van der Waals surface area contributed by atoms with E-state index in [9.17, 15) is 4.79 Å². The van der Waals surface area contributed by atoms with Crippen LogP contribution in [0.3, 0.4) is 0 Å². The summed E-state index contributed by atoms with van der Waals surface area (Å²) in [5, 5.41) is 3.79. The smallest absolute Gasteiger partial charge is 0.251 e. The minimum Gasteiger partial charge on any atom is -0.357 e. The Kier molecular flexibility index (Phi) is 9.37. The van der Waals surface area contributed by atoms with Gasteiger partial charge in [-0.1, -0.05) is 63.9 Å². The van der Waals surface area contributed by atoms with Crippen LogP contribution < -0.4 is 10.2 Å². The molecule has 7 heteroatoms. The van der Waals surface area contributed by atoms with E-state index in [2.05, 4.69) is 55.1 Å². The number of anilines is 1. The van der Waals surface area contributed by atoms with Crippen LogP contribution in [0.25, 0.3) is 0 Å². The molecule has 0 radical (unpaired) electrons. The first kappa shape index (κ1) is 26.5.